The molecule has 0 aromatic rings. The third-order valence-corrected chi connectivity index (χ3v) is 3.41. The minimum absolute atomic E-state index is 0.237. The summed E-state index contributed by atoms with van der Waals surface area (Å²) in [7, 11) is 1.70. The van der Waals surface area contributed by atoms with Gasteiger partial charge < -0.3 is 15.2 Å². The van der Waals surface area contributed by atoms with Crippen molar-refractivity contribution < 1.29 is 9.84 Å². The fourth-order valence-corrected chi connectivity index (χ4v) is 2.74. The number of rotatable bonds is 6. The van der Waals surface area contributed by atoms with E-state index in [1.165, 1.54) is 17.9 Å². The number of nitrogens with one attached hydrogen (secondary N) is 1. The van der Waals surface area contributed by atoms with Crippen LogP contribution in [-0.2, 0) is 4.74 Å². The maximum absolute atomic E-state index is 8.84. The molecule has 1 rings (SSSR count). The lowest BCUT2D eigenvalue weighted by Gasteiger charge is -2.20. The molecule has 1 aliphatic heterocycles. The molecule has 0 spiro atoms. The van der Waals surface area contributed by atoms with E-state index >= 15 is 0 Å². The molecule has 78 valence electrons. The predicted molar refractivity (Wildman–Crippen MR) is 56.2 cm³/mol. The van der Waals surface area contributed by atoms with Gasteiger partial charge in [0.05, 0.1) is 6.61 Å². The number of hydrogen-bond acceptors (Lipinski definition) is 4. The van der Waals surface area contributed by atoms with Gasteiger partial charge in [0.25, 0.3) is 0 Å². The first kappa shape index (κ1) is 11.3. The molecular weight excluding hydrogens is 186 g/mol. The first-order valence-corrected chi connectivity index (χ1v) is 5.96. The van der Waals surface area contributed by atoms with Crippen LogP contribution in [-0.4, -0.2) is 49.0 Å². The molecule has 1 saturated heterocycles. The van der Waals surface area contributed by atoms with Gasteiger partial charge >= 0.3 is 0 Å². The van der Waals surface area contributed by atoms with Crippen LogP contribution in [0.5, 0.6) is 0 Å². The molecule has 1 fully saturated rings. The van der Waals surface area contributed by atoms with Crippen LogP contribution in [0, 0.1) is 0 Å². The van der Waals surface area contributed by atoms with Crippen molar-refractivity contribution in [3.8, 4) is 0 Å². The van der Waals surface area contributed by atoms with E-state index in [9.17, 15) is 0 Å². The summed E-state index contributed by atoms with van der Waals surface area (Å²) in [5, 5.41) is 12.3. The quantitative estimate of drug-likeness (QED) is 0.662. The third kappa shape index (κ3) is 4.31. The molecule has 2 N–H and O–H groups in total. The van der Waals surface area contributed by atoms with Gasteiger partial charge in [0.2, 0.25) is 0 Å². The zero-order valence-electron chi connectivity index (χ0n) is 8.16. The predicted octanol–water partition coefficient (Wildman–Crippen LogP) is 0.479. The summed E-state index contributed by atoms with van der Waals surface area (Å²) in [6.07, 6.45) is 2.03. The summed E-state index contributed by atoms with van der Waals surface area (Å²) in [6.45, 7) is 0.933. The topological polar surface area (TPSA) is 41.5 Å². The average Bonchev–Trinajstić information content (AvgIpc) is 2.58. The van der Waals surface area contributed by atoms with Gasteiger partial charge in [-0.2, -0.15) is 11.8 Å². The minimum atomic E-state index is 0.237. The van der Waals surface area contributed by atoms with E-state index in [1.807, 2.05) is 11.8 Å². The summed E-state index contributed by atoms with van der Waals surface area (Å²) in [4.78, 5) is 0. The number of hydrogen-bond donors (Lipinski definition) is 2. The van der Waals surface area contributed by atoms with Gasteiger partial charge in [-0.1, -0.05) is 0 Å². The fourth-order valence-electron chi connectivity index (χ4n) is 1.57. The van der Waals surface area contributed by atoms with Crippen LogP contribution in [0.25, 0.3) is 0 Å². The van der Waals surface area contributed by atoms with Crippen LogP contribution in [0.3, 0.4) is 0 Å². The zero-order valence-corrected chi connectivity index (χ0v) is 8.98. The number of aliphatic hydroxyl groups excluding tert-OH is 1. The molecule has 1 heterocycles. The molecule has 4 heteroatoms. The van der Waals surface area contributed by atoms with Gasteiger partial charge in [-0.25, -0.2) is 0 Å². The number of methoxy groups -OCH3 is 1. The van der Waals surface area contributed by atoms with Gasteiger partial charge in [0, 0.05) is 31.6 Å². The molecule has 1 aliphatic rings. The Morgan fingerprint density at radius 3 is 3.08 bits per heavy atom. The number of aliphatic hydroxyl groups is 1. The van der Waals surface area contributed by atoms with Crippen molar-refractivity contribution in [2.45, 2.75) is 24.9 Å². The van der Waals surface area contributed by atoms with E-state index in [-0.39, 0.29) is 6.61 Å². The Morgan fingerprint density at radius 2 is 2.54 bits per heavy atom. The summed E-state index contributed by atoms with van der Waals surface area (Å²) in [5.74, 6) is 2.46. The van der Waals surface area contributed by atoms with Gasteiger partial charge in [0.1, 0.15) is 0 Å². The Morgan fingerprint density at radius 1 is 1.69 bits per heavy atom. The molecule has 0 saturated carbocycles. The van der Waals surface area contributed by atoms with Gasteiger partial charge in [0.15, 0.2) is 0 Å². The van der Waals surface area contributed by atoms with E-state index in [0.717, 1.165) is 6.42 Å². The lowest BCUT2D eigenvalue weighted by molar-refractivity contribution is 0.144. The molecule has 0 amide bonds. The first-order valence-electron chi connectivity index (χ1n) is 4.80. The molecule has 0 bridgehead atoms. The number of thioether (sulfide) groups is 1. The highest BCUT2D eigenvalue weighted by Crippen LogP contribution is 2.17. The monoisotopic (exact) mass is 205 g/mol. The highest BCUT2D eigenvalue weighted by molar-refractivity contribution is 7.99. The molecule has 0 radical (unpaired) electrons. The summed E-state index contributed by atoms with van der Waals surface area (Å²) in [6, 6.07) is 0.940. The lowest BCUT2D eigenvalue weighted by atomic mass is 10.2. The van der Waals surface area contributed by atoms with E-state index in [2.05, 4.69) is 5.32 Å². The summed E-state index contributed by atoms with van der Waals surface area (Å²) >= 11 is 1.99. The molecule has 13 heavy (non-hydrogen) atoms. The van der Waals surface area contributed by atoms with Crippen LogP contribution < -0.4 is 5.32 Å². The van der Waals surface area contributed by atoms with E-state index in [0.29, 0.717) is 18.7 Å². The Balaban J connectivity index is 2.19. The summed E-state index contributed by atoms with van der Waals surface area (Å²) in [5.41, 5.74) is 0. The lowest BCUT2D eigenvalue weighted by Crippen LogP contribution is -2.41. The normalized spacial score (nSPS) is 24.9. The van der Waals surface area contributed by atoms with Crippen molar-refractivity contribution in [3.05, 3.63) is 0 Å². The highest BCUT2D eigenvalue weighted by atomic mass is 32.2. The van der Waals surface area contributed by atoms with Gasteiger partial charge in [-0.3, -0.25) is 0 Å². The minimum Gasteiger partial charge on any atom is -0.396 e. The Kier molecular flexibility index (Phi) is 5.78. The average molecular weight is 205 g/mol. The molecule has 0 aliphatic carbocycles. The maximum atomic E-state index is 8.84. The Hall–Kier alpha value is 0.230. The zero-order chi connectivity index (χ0) is 9.52. The summed E-state index contributed by atoms with van der Waals surface area (Å²) < 4.78 is 5.09. The van der Waals surface area contributed by atoms with Crippen molar-refractivity contribution in [1.82, 2.24) is 5.32 Å². The molecule has 3 nitrogen and oxygen atoms in total. The highest BCUT2D eigenvalue weighted by Gasteiger charge is 2.18. The SMILES string of the molecule is COCC(CCO)NC1CCSC1. The smallest absolute Gasteiger partial charge is 0.0616 e. The second kappa shape index (κ2) is 6.65. The van der Waals surface area contributed by atoms with Crippen molar-refractivity contribution in [2.75, 3.05) is 31.8 Å². The second-order valence-electron chi connectivity index (χ2n) is 3.39. The van der Waals surface area contributed by atoms with Crippen molar-refractivity contribution >= 4 is 11.8 Å². The maximum Gasteiger partial charge on any atom is 0.0616 e. The molecule has 0 aromatic carbocycles. The Labute approximate surface area is 84.2 Å². The fraction of sp³-hybridized carbons (Fsp3) is 1.00. The first-order chi connectivity index (χ1) is 6.36. The second-order valence-corrected chi connectivity index (χ2v) is 4.54. The van der Waals surface area contributed by atoms with Crippen molar-refractivity contribution in [2.24, 2.45) is 0 Å². The molecule has 2 atom stereocenters. The van der Waals surface area contributed by atoms with E-state index < -0.39 is 0 Å². The van der Waals surface area contributed by atoms with Gasteiger partial charge in [-0.05, 0) is 18.6 Å². The standard InChI is InChI=1S/C9H19NO2S/c1-12-6-8(2-4-11)10-9-3-5-13-7-9/h8-11H,2-7H2,1H3. The van der Waals surface area contributed by atoms with Crippen LogP contribution in [0.4, 0.5) is 0 Å². The van der Waals surface area contributed by atoms with Crippen molar-refractivity contribution in [1.29, 1.82) is 0 Å². The van der Waals surface area contributed by atoms with E-state index in [1.54, 1.807) is 7.11 Å². The Bertz CT molecular complexity index is 123. The molecular formula is C9H19NO2S. The van der Waals surface area contributed by atoms with Gasteiger partial charge in [-0.15, -0.1) is 0 Å². The van der Waals surface area contributed by atoms with Crippen molar-refractivity contribution in [3.63, 3.8) is 0 Å². The van der Waals surface area contributed by atoms with Crippen LogP contribution >= 0.6 is 11.8 Å². The van der Waals surface area contributed by atoms with Crippen LogP contribution in [0.2, 0.25) is 0 Å². The largest absolute Gasteiger partial charge is 0.396 e. The van der Waals surface area contributed by atoms with Crippen LogP contribution in [0.1, 0.15) is 12.8 Å². The van der Waals surface area contributed by atoms with Crippen LogP contribution in [0.15, 0.2) is 0 Å². The number of ether oxygens (including phenoxy) is 1. The third-order valence-electron chi connectivity index (χ3n) is 2.25. The molecule has 0 aromatic heterocycles. The molecule has 2 unspecified atom stereocenters. The van der Waals surface area contributed by atoms with E-state index in [4.69, 9.17) is 9.84 Å².